The van der Waals surface area contributed by atoms with Gasteiger partial charge in [-0.3, -0.25) is 10.2 Å². The zero-order valence-electron chi connectivity index (χ0n) is 19.1. The number of nitrogens with zero attached hydrogens (tertiary/aromatic N) is 4. The van der Waals surface area contributed by atoms with E-state index < -0.39 is 17.8 Å². The van der Waals surface area contributed by atoms with Gasteiger partial charge in [-0.1, -0.05) is 18.2 Å². The summed E-state index contributed by atoms with van der Waals surface area (Å²) in [6, 6.07) is 13.0. The highest BCUT2D eigenvalue weighted by molar-refractivity contribution is 6.02. The molecule has 1 aromatic carbocycles. The molecular formula is C25H22F3N5O3. The van der Waals surface area contributed by atoms with Crippen molar-refractivity contribution in [1.29, 1.82) is 0 Å². The normalized spacial score (nSPS) is 18.1. The number of fused-ring (bicyclic) bond motifs is 1. The van der Waals surface area contributed by atoms with Crippen LogP contribution >= 0.6 is 0 Å². The van der Waals surface area contributed by atoms with Gasteiger partial charge in [0.05, 0.1) is 37.5 Å². The van der Waals surface area contributed by atoms with Gasteiger partial charge in [0, 0.05) is 12.0 Å². The van der Waals surface area contributed by atoms with E-state index in [2.05, 4.69) is 20.2 Å². The Kier molecular flexibility index (Phi) is 5.25. The van der Waals surface area contributed by atoms with Gasteiger partial charge in [0.15, 0.2) is 11.6 Å². The predicted octanol–water partition coefficient (Wildman–Crippen LogP) is 4.57. The molecule has 36 heavy (non-hydrogen) atoms. The number of alkyl halides is 3. The molecule has 2 amide bonds. The molecule has 0 saturated carbocycles. The van der Waals surface area contributed by atoms with Crippen LogP contribution in [0.3, 0.4) is 0 Å². The van der Waals surface area contributed by atoms with E-state index in [1.165, 1.54) is 11.0 Å². The molecule has 2 fully saturated rings. The molecule has 0 bridgehead atoms. The number of hydrogen-bond donors (Lipinski definition) is 1. The molecule has 3 aromatic rings. The Morgan fingerprint density at radius 2 is 1.83 bits per heavy atom. The third-order valence-electron chi connectivity index (χ3n) is 6.62. The zero-order chi connectivity index (χ0) is 24.9. The summed E-state index contributed by atoms with van der Waals surface area (Å²) in [6.07, 6.45) is -3.42. The summed E-state index contributed by atoms with van der Waals surface area (Å²) >= 11 is 0. The zero-order valence-corrected chi connectivity index (χ0v) is 19.1. The Balaban J connectivity index is 1.22. The van der Waals surface area contributed by atoms with Crippen molar-refractivity contribution in [3.8, 4) is 17.0 Å². The maximum absolute atomic E-state index is 13.2. The largest absolute Gasteiger partial charge is 0.488 e. The number of amides is 2. The van der Waals surface area contributed by atoms with Crippen molar-refractivity contribution >= 4 is 23.5 Å². The van der Waals surface area contributed by atoms with Crippen LogP contribution < -0.4 is 19.9 Å². The SMILES string of the molecule is O=C(Nc1cccc(N2CC3(CCO3)C2)n1)N1CCOc2ccc(-c3cccc(C(F)(F)F)c3)nc21. The van der Waals surface area contributed by atoms with Gasteiger partial charge < -0.3 is 14.4 Å². The van der Waals surface area contributed by atoms with Crippen molar-refractivity contribution in [1.82, 2.24) is 9.97 Å². The Morgan fingerprint density at radius 1 is 1.03 bits per heavy atom. The summed E-state index contributed by atoms with van der Waals surface area (Å²) in [7, 11) is 0. The van der Waals surface area contributed by atoms with Gasteiger partial charge in [0.25, 0.3) is 0 Å². The number of halogens is 3. The van der Waals surface area contributed by atoms with Gasteiger partial charge in [-0.05, 0) is 36.4 Å². The van der Waals surface area contributed by atoms with Gasteiger partial charge in [0.2, 0.25) is 0 Å². The molecule has 0 aliphatic carbocycles. The smallest absolute Gasteiger partial charge is 0.416 e. The number of rotatable bonds is 3. The molecule has 2 aromatic heterocycles. The number of anilines is 3. The highest BCUT2D eigenvalue weighted by Crippen LogP contribution is 2.38. The molecule has 6 rings (SSSR count). The fraction of sp³-hybridized carbons (Fsp3) is 0.320. The molecule has 1 spiro atoms. The summed E-state index contributed by atoms with van der Waals surface area (Å²) < 4.78 is 50.8. The van der Waals surface area contributed by atoms with Gasteiger partial charge in [-0.25, -0.2) is 14.8 Å². The van der Waals surface area contributed by atoms with Gasteiger partial charge in [0.1, 0.15) is 23.8 Å². The maximum atomic E-state index is 13.2. The van der Waals surface area contributed by atoms with Crippen LogP contribution in [-0.4, -0.2) is 54.4 Å². The van der Waals surface area contributed by atoms with E-state index in [1.54, 1.807) is 24.3 Å². The topological polar surface area (TPSA) is 79.8 Å². The van der Waals surface area contributed by atoms with Crippen molar-refractivity contribution in [2.75, 3.05) is 48.0 Å². The monoisotopic (exact) mass is 497 g/mol. The molecule has 5 heterocycles. The summed E-state index contributed by atoms with van der Waals surface area (Å²) in [6.45, 7) is 2.83. The van der Waals surface area contributed by atoms with Crippen LogP contribution in [-0.2, 0) is 10.9 Å². The van der Waals surface area contributed by atoms with E-state index >= 15 is 0 Å². The molecule has 186 valence electrons. The Hall–Kier alpha value is -3.86. The van der Waals surface area contributed by atoms with Crippen LogP contribution in [0.1, 0.15) is 12.0 Å². The van der Waals surface area contributed by atoms with E-state index in [0.29, 0.717) is 17.3 Å². The molecule has 3 aliphatic rings. The number of benzene rings is 1. The minimum Gasteiger partial charge on any atom is -0.488 e. The lowest BCUT2D eigenvalue weighted by atomic mass is 9.86. The van der Waals surface area contributed by atoms with E-state index in [4.69, 9.17) is 9.47 Å². The number of ether oxygens (including phenoxy) is 2. The molecule has 11 heteroatoms. The number of hydrogen-bond acceptors (Lipinski definition) is 6. The average Bonchev–Trinajstić information content (AvgIpc) is 2.81. The van der Waals surface area contributed by atoms with E-state index in [1.807, 2.05) is 12.1 Å². The average molecular weight is 497 g/mol. The number of urea groups is 1. The van der Waals surface area contributed by atoms with Crippen molar-refractivity contribution in [3.05, 3.63) is 60.2 Å². The highest BCUT2D eigenvalue weighted by atomic mass is 19.4. The standard InChI is InChI=1S/C25H22F3N5O3/c26-25(27,28)17-4-1-3-16(13-17)18-7-8-19-22(29-18)33(10-12-35-19)23(34)31-20-5-2-6-21(30-20)32-14-24(15-32)9-11-36-24/h1-8,13H,9-12,14-15H2,(H,30,31,34). The second-order valence-corrected chi connectivity index (χ2v) is 9.05. The van der Waals surface area contributed by atoms with Crippen LogP contribution in [0.5, 0.6) is 5.75 Å². The first-order chi connectivity index (χ1) is 17.3. The second kappa shape index (κ2) is 8.37. The highest BCUT2D eigenvalue weighted by Gasteiger charge is 2.49. The van der Waals surface area contributed by atoms with Crippen LogP contribution in [0, 0.1) is 0 Å². The van der Waals surface area contributed by atoms with Crippen LogP contribution in [0.15, 0.2) is 54.6 Å². The molecule has 0 radical (unpaired) electrons. The fourth-order valence-electron chi connectivity index (χ4n) is 4.61. The van der Waals surface area contributed by atoms with Crippen molar-refractivity contribution in [3.63, 3.8) is 0 Å². The number of carbonyl (C=O) groups is 1. The van der Waals surface area contributed by atoms with Gasteiger partial charge in [-0.15, -0.1) is 0 Å². The summed E-state index contributed by atoms with van der Waals surface area (Å²) in [5.41, 5.74) is -0.223. The summed E-state index contributed by atoms with van der Waals surface area (Å²) in [4.78, 5) is 25.7. The summed E-state index contributed by atoms with van der Waals surface area (Å²) in [5, 5.41) is 2.81. The molecule has 0 unspecified atom stereocenters. The Bertz CT molecular complexity index is 1320. The molecule has 2 saturated heterocycles. The number of nitrogens with one attached hydrogen (secondary N) is 1. The van der Waals surface area contributed by atoms with E-state index in [9.17, 15) is 18.0 Å². The Labute approximate surface area is 204 Å². The van der Waals surface area contributed by atoms with Crippen molar-refractivity contribution < 1.29 is 27.4 Å². The third-order valence-corrected chi connectivity index (χ3v) is 6.62. The van der Waals surface area contributed by atoms with Gasteiger partial charge >= 0.3 is 12.2 Å². The van der Waals surface area contributed by atoms with Crippen molar-refractivity contribution in [2.24, 2.45) is 0 Å². The molecule has 1 N–H and O–H groups in total. The summed E-state index contributed by atoms with van der Waals surface area (Å²) in [5.74, 6) is 1.74. The van der Waals surface area contributed by atoms with Crippen LogP contribution in [0.25, 0.3) is 11.3 Å². The molecular weight excluding hydrogens is 475 g/mol. The molecule has 8 nitrogen and oxygen atoms in total. The third kappa shape index (κ3) is 4.09. The number of carbonyl (C=O) groups excluding carboxylic acids is 1. The lowest BCUT2D eigenvalue weighted by Crippen LogP contribution is -2.68. The first-order valence-corrected chi connectivity index (χ1v) is 11.6. The first-order valence-electron chi connectivity index (χ1n) is 11.6. The predicted molar refractivity (Wildman–Crippen MR) is 126 cm³/mol. The van der Waals surface area contributed by atoms with Gasteiger partial charge in [-0.2, -0.15) is 13.2 Å². The van der Waals surface area contributed by atoms with Crippen molar-refractivity contribution in [2.45, 2.75) is 18.2 Å². The quantitative estimate of drug-likeness (QED) is 0.571. The fourth-order valence-corrected chi connectivity index (χ4v) is 4.61. The number of pyridine rings is 2. The van der Waals surface area contributed by atoms with Crippen LogP contribution in [0.2, 0.25) is 0 Å². The van der Waals surface area contributed by atoms with E-state index in [-0.39, 0.29) is 30.1 Å². The van der Waals surface area contributed by atoms with E-state index in [0.717, 1.165) is 44.1 Å². The minimum absolute atomic E-state index is 0.0402. The molecule has 3 aliphatic heterocycles. The maximum Gasteiger partial charge on any atom is 0.416 e. The first kappa shape index (κ1) is 22.6. The van der Waals surface area contributed by atoms with Crippen LogP contribution in [0.4, 0.5) is 35.4 Å². The second-order valence-electron chi connectivity index (χ2n) is 9.05. The number of aromatic nitrogens is 2. The lowest BCUT2D eigenvalue weighted by Gasteiger charge is -2.55. The minimum atomic E-state index is -4.47. The molecule has 0 atom stereocenters. The Morgan fingerprint density at radius 3 is 2.58 bits per heavy atom. The lowest BCUT2D eigenvalue weighted by molar-refractivity contribution is -0.161.